The maximum atomic E-state index is 12.8. The average molecular weight is 454 g/mol. The third-order valence-corrected chi connectivity index (χ3v) is 8.30. The minimum Gasteiger partial charge on any atom is -0.348 e. The van der Waals surface area contributed by atoms with Crippen molar-refractivity contribution in [1.82, 2.24) is 9.80 Å². The number of rotatable bonds is 11. The van der Waals surface area contributed by atoms with E-state index in [0.29, 0.717) is 0 Å². The average Bonchev–Trinajstić information content (AvgIpc) is 2.76. The normalized spacial score (nSPS) is 26.9. The zero-order valence-electron chi connectivity index (χ0n) is 21.4. The summed E-state index contributed by atoms with van der Waals surface area (Å²) in [4.78, 5) is 17.1. The summed E-state index contributed by atoms with van der Waals surface area (Å²) in [6.07, 6.45) is 12.1. The summed E-state index contributed by atoms with van der Waals surface area (Å²) in [5.74, 6) is 2.03. The van der Waals surface area contributed by atoms with Crippen LogP contribution in [0.25, 0.3) is 0 Å². The molecule has 2 rings (SSSR count). The van der Waals surface area contributed by atoms with E-state index in [1.807, 2.05) is 14.1 Å². The Kier molecular flexibility index (Phi) is 12.7. The molecule has 1 N–H and O–H groups in total. The number of hydrogen-bond acceptors (Lipinski definition) is 4. The highest BCUT2D eigenvalue weighted by atomic mass is 32.1. The molecule has 1 saturated carbocycles. The number of carbonyl (C=O) groups is 1. The lowest BCUT2D eigenvalue weighted by molar-refractivity contribution is -0.158. The van der Waals surface area contributed by atoms with Crippen LogP contribution in [-0.2, 0) is 4.79 Å². The second-order valence-electron chi connectivity index (χ2n) is 10.2. The molecule has 1 saturated heterocycles. The maximum absolute atomic E-state index is 12.8. The van der Waals surface area contributed by atoms with Gasteiger partial charge >= 0.3 is 0 Å². The Hall–Kier alpha value is -0.550. The van der Waals surface area contributed by atoms with Crippen molar-refractivity contribution in [3.05, 3.63) is 0 Å². The van der Waals surface area contributed by atoms with Crippen LogP contribution in [-0.4, -0.2) is 60.9 Å². The van der Waals surface area contributed by atoms with Gasteiger partial charge in [-0.2, -0.15) is 12.6 Å². The van der Waals surface area contributed by atoms with Crippen molar-refractivity contribution in [1.29, 1.82) is 5.41 Å². The molecule has 0 spiro atoms. The second kappa shape index (κ2) is 13.9. The molecule has 1 aliphatic carbocycles. The standard InChI is InChI=1S/C17H32N2O.C9H19NS/c1-6-9-10-14(18)16(8-3)12-13-17(16,11-7-2)15(20)19(4)5;1-9(8-11)7-10-5-3-2-4-6-10/h18H,6-13H2,1-5H3;9,11H,2-8H2,1H3. The Morgan fingerprint density at radius 1 is 1.06 bits per heavy atom. The van der Waals surface area contributed by atoms with Crippen molar-refractivity contribution in [2.75, 3.05) is 39.5 Å². The Labute approximate surface area is 198 Å². The first kappa shape index (κ1) is 28.5. The van der Waals surface area contributed by atoms with E-state index in [0.717, 1.165) is 68.7 Å². The number of hydrogen-bond donors (Lipinski definition) is 2. The number of likely N-dealkylation sites (tertiary alicyclic amines) is 1. The molecule has 182 valence electrons. The monoisotopic (exact) mass is 453 g/mol. The highest BCUT2D eigenvalue weighted by Crippen LogP contribution is 2.63. The van der Waals surface area contributed by atoms with Crippen LogP contribution in [0.15, 0.2) is 0 Å². The summed E-state index contributed by atoms with van der Waals surface area (Å²) >= 11 is 4.29. The molecule has 0 bridgehead atoms. The van der Waals surface area contributed by atoms with Gasteiger partial charge in [0.15, 0.2) is 0 Å². The van der Waals surface area contributed by atoms with Crippen molar-refractivity contribution in [3.63, 3.8) is 0 Å². The van der Waals surface area contributed by atoms with Gasteiger partial charge in [0.25, 0.3) is 0 Å². The molecule has 0 radical (unpaired) electrons. The van der Waals surface area contributed by atoms with Crippen LogP contribution in [0.5, 0.6) is 0 Å². The van der Waals surface area contributed by atoms with Gasteiger partial charge in [-0.15, -0.1) is 0 Å². The lowest BCUT2D eigenvalue weighted by Gasteiger charge is -2.59. The van der Waals surface area contributed by atoms with Gasteiger partial charge in [-0.3, -0.25) is 4.79 Å². The fourth-order valence-electron chi connectivity index (χ4n) is 5.77. The fourth-order valence-corrected chi connectivity index (χ4v) is 5.88. The third-order valence-electron chi connectivity index (χ3n) is 7.68. The predicted octanol–water partition coefficient (Wildman–Crippen LogP) is 6.30. The van der Waals surface area contributed by atoms with E-state index in [4.69, 9.17) is 5.41 Å². The summed E-state index contributed by atoms with van der Waals surface area (Å²) in [5, 5.41) is 8.59. The molecule has 1 aliphatic heterocycles. The minimum absolute atomic E-state index is 0.167. The van der Waals surface area contributed by atoms with Crippen LogP contribution >= 0.6 is 12.6 Å². The number of piperidine rings is 1. The van der Waals surface area contributed by atoms with Crippen LogP contribution in [0.2, 0.25) is 0 Å². The molecule has 0 aromatic heterocycles. The van der Waals surface area contributed by atoms with Gasteiger partial charge in [-0.25, -0.2) is 0 Å². The van der Waals surface area contributed by atoms with Gasteiger partial charge < -0.3 is 15.2 Å². The topological polar surface area (TPSA) is 47.4 Å². The lowest BCUT2D eigenvalue weighted by atomic mass is 9.44. The van der Waals surface area contributed by atoms with Crippen molar-refractivity contribution < 1.29 is 4.79 Å². The molecule has 2 aliphatic rings. The summed E-state index contributed by atoms with van der Waals surface area (Å²) < 4.78 is 0. The van der Waals surface area contributed by atoms with E-state index in [1.165, 1.54) is 38.9 Å². The molecule has 31 heavy (non-hydrogen) atoms. The van der Waals surface area contributed by atoms with Crippen molar-refractivity contribution in [2.24, 2.45) is 16.7 Å². The molecular weight excluding hydrogens is 402 g/mol. The zero-order valence-corrected chi connectivity index (χ0v) is 22.3. The van der Waals surface area contributed by atoms with E-state index < -0.39 is 0 Å². The van der Waals surface area contributed by atoms with Crippen molar-refractivity contribution >= 4 is 24.2 Å². The van der Waals surface area contributed by atoms with E-state index in [9.17, 15) is 4.79 Å². The smallest absolute Gasteiger partial charge is 0.229 e. The van der Waals surface area contributed by atoms with E-state index >= 15 is 0 Å². The van der Waals surface area contributed by atoms with E-state index in [2.05, 4.69) is 45.2 Å². The van der Waals surface area contributed by atoms with Gasteiger partial charge in [0.1, 0.15) is 0 Å². The molecule has 1 amide bonds. The molecular formula is C26H51N3OS. The molecule has 0 aromatic carbocycles. The second-order valence-corrected chi connectivity index (χ2v) is 10.6. The lowest BCUT2D eigenvalue weighted by Crippen LogP contribution is -2.62. The Morgan fingerprint density at radius 3 is 2.10 bits per heavy atom. The van der Waals surface area contributed by atoms with Crippen LogP contribution in [0.1, 0.15) is 98.3 Å². The predicted molar refractivity (Wildman–Crippen MR) is 139 cm³/mol. The Morgan fingerprint density at radius 2 is 1.68 bits per heavy atom. The zero-order chi connectivity index (χ0) is 23.5. The van der Waals surface area contributed by atoms with Gasteiger partial charge in [-0.1, -0.05) is 47.0 Å². The van der Waals surface area contributed by atoms with E-state index in [-0.39, 0.29) is 16.7 Å². The number of nitrogens with zero attached hydrogens (tertiary/aromatic N) is 2. The quantitative estimate of drug-likeness (QED) is 0.285. The number of amides is 1. The highest BCUT2D eigenvalue weighted by molar-refractivity contribution is 7.80. The fraction of sp³-hybridized carbons (Fsp3) is 0.923. The Bertz CT molecular complexity index is 543. The van der Waals surface area contributed by atoms with Crippen molar-refractivity contribution in [2.45, 2.75) is 98.3 Å². The number of nitrogens with one attached hydrogen (secondary N) is 1. The van der Waals surface area contributed by atoms with Gasteiger partial charge in [0.05, 0.1) is 5.41 Å². The molecule has 1 heterocycles. The summed E-state index contributed by atoms with van der Waals surface area (Å²) in [5.41, 5.74) is 0.362. The van der Waals surface area contributed by atoms with Crippen LogP contribution in [0.3, 0.4) is 0 Å². The van der Waals surface area contributed by atoms with Gasteiger partial charge in [0.2, 0.25) is 5.91 Å². The molecule has 3 atom stereocenters. The summed E-state index contributed by atoms with van der Waals surface area (Å²) in [7, 11) is 3.71. The Balaban J connectivity index is 0.000000367. The maximum Gasteiger partial charge on any atom is 0.229 e. The summed E-state index contributed by atoms with van der Waals surface area (Å²) in [6.45, 7) is 12.6. The molecule has 3 unspecified atom stereocenters. The number of unbranched alkanes of at least 4 members (excludes halogenated alkanes) is 1. The van der Waals surface area contributed by atoms with Gasteiger partial charge in [-0.05, 0) is 76.1 Å². The first-order chi connectivity index (χ1) is 14.7. The third kappa shape index (κ3) is 6.96. The van der Waals surface area contributed by atoms with E-state index in [1.54, 1.807) is 4.90 Å². The molecule has 5 heteroatoms. The van der Waals surface area contributed by atoms with Crippen molar-refractivity contribution in [3.8, 4) is 0 Å². The molecule has 2 fully saturated rings. The highest BCUT2D eigenvalue weighted by Gasteiger charge is 2.63. The molecule has 4 nitrogen and oxygen atoms in total. The van der Waals surface area contributed by atoms with Gasteiger partial charge in [0, 0.05) is 31.8 Å². The van der Waals surface area contributed by atoms with Crippen LogP contribution in [0.4, 0.5) is 0 Å². The number of carbonyl (C=O) groups excluding carboxylic acids is 1. The summed E-state index contributed by atoms with van der Waals surface area (Å²) in [6, 6.07) is 0. The number of thiol groups is 1. The molecule has 0 aromatic rings. The first-order valence-corrected chi connectivity index (χ1v) is 13.5. The first-order valence-electron chi connectivity index (χ1n) is 12.9. The minimum atomic E-state index is -0.301. The van der Waals surface area contributed by atoms with Crippen LogP contribution in [0, 0.1) is 22.2 Å². The van der Waals surface area contributed by atoms with Crippen LogP contribution < -0.4 is 0 Å². The SMILES string of the molecule is CC(CS)CN1CCCCC1.CCCCC(=N)C1(CC)CCC1(CCC)C(=O)N(C)C. The largest absolute Gasteiger partial charge is 0.348 e.